The molecular formula is C23H21ClN4O4S2. The Bertz CT molecular complexity index is 1420. The van der Waals surface area contributed by atoms with Gasteiger partial charge in [-0.15, -0.1) is 0 Å². The van der Waals surface area contributed by atoms with Crippen molar-refractivity contribution in [2.24, 2.45) is 0 Å². The fourth-order valence-electron chi connectivity index (χ4n) is 3.24. The zero-order valence-corrected chi connectivity index (χ0v) is 20.7. The van der Waals surface area contributed by atoms with E-state index in [9.17, 15) is 13.2 Å². The second-order valence-electron chi connectivity index (χ2n) is 7.30. The molecule has 1 amide bonds. The number of anilines is 1. The number of amides is 1. The van der Waals surface area contributed by atoms with Crippen molar-refractivity contribution >= 4 is 54.2 Å². The van der Waals surface area contributed by atoms with E-state index in [0.717, 1.165) is 10.3 Å². The summed E-state index contributed by atoms with van der Waals surface area (Å²) in [6.07, 6.45) is 0. The van der Waals surface area contributed by atoms with Crippen LogP contribution in [-0.2, 0) is 16.6 Å². The molecule has 0 radical (unpaired) electrons. The molecule has 3 aromatic carbocycles. The van der Waals surface area contributed by atoms with Gasteiger partial charge < -0.3 is 4.74 Å². The molecule has 0 saturated carbocycles. The third-order valence-electron chi connectivity index (χ3n) is 5.03. The average Bonchev–Trinajstić information content (AvgIpc) is 3.29. The highest BCUT2D eigenvalue weighted by Crippen LogP contribution is 2.37. The number of hydrogen-bond acceptors (Lipinski definition) is 7. The van der Waals surface area contributed by atoms with Crippen LogP contribution in [0.25, 0.3) is 10.2 Å². The van der Waals surface area contributed by atoms with Crippen molar-refractivity contribution in [3.8, 4) is 5.75 Å². The number of hydrazine groups is 1. The SMILES string of the molecule is COc1ccc(Cl)c2sc(NNC(=O)c3ccc(S(=O)(=O)N(C)Cc4ccccc4)cc3)nc12. The zero-order chi connectivity index (χ0) is 24.3. The van der Waals surface area contributed by atoms with Crippen LogP contribution in [0.15, 0.2) is 71.6 Å². The number of rotatable bonds is 8. The van der Waals surface area contributed by atoms with E-state index in [4.69, 9.17) is 16.3 Å². The van der Waals surface area contributed by atoms with Crippen molar-refractivity contribution in [2.75, 3.05) is 19.6 Å². The Morgan fingerprint density at radius 2 is 1.79 bits per heavy atom. The number of ether oxygens (including phenoxy) is 1. The molecule has 11 heteroatoms. The van der Waals surface area contributed by atoms with Gasteiger partial charge in [0, 0.05) is 19.2 Å². The van der Waals surface area contributed by atoms with E-state index < -0.39 is 15.9 Å². The molecule has 1 heterocycles. The van der Waals surface area contributed by atoms with E-state index in [0.29, 0.717) is 21.4 Å². The summed E-state index contributed by atoms with van der Waals surface area (Å²) in [6.45, 7) is 0.242. The Balaban J connectivity index is 1.43. The highest BCUT2D eigenvalue weighted by Gasteiger charge is 2.21. The van der Waals surface area contributed by atoms with Crippen molar-refractivity contribution in [1.82, 2.24) is 14.7 Å². The van der Waals surface area contributed by atoms with Crippen LogP contribution < -0.4 is 15.6 Å². The lowest BCUT2D eigenvalue weighted by Crippen LogP contribution is -2.29. The van der Waals surface area contributed by atoms with Crippen LogP contribution in [0.2, 0.25) is 5.02 Å². The summed E-state index contributed by atoms with van der Waals surface area (Å²) < 4.78 is 33.1. The Morgan fingerprint density at radius 1 is 1.09 bits per heavy atom. The number of nitrogens with zero attached hydrogens (tertiary/aromatic N) is 2. The Labute approximate surface area is 206 Å². The number of benzene rings is 3. The number of carbonyl (C=O) groups is 1. The van der Waals surface area contributed by atoms with Crippen LogP contribution in [0.4, 0.5) is 5.13 Å². The second-order valence-corrected chi connectivity index (χ2v) is 10.7. The lowest BCUT2D eigenvalue weighted by Gasteiger charge is -2.17. The van der Waals surface area contributed by atoms with Gasteiger partial charge in [-0.3, -0.25) is 15.6 Å². The average molecular weight is 517 g/mol. The molecule has 1 aromatic heterocycles. The molecule has 8 nitrogen and oxygen atoms in total. The Hall–Kier alpha value is -3.18. The van der Waals surface area contributed by atoms with Gasteiger partial charge in [0.2, 0.25) is 15.2 Å². The summed E-state index contributed by atoms with van der Waals surface area (Å²) in [7, 11) is -0.645. The molecule has 0 unspecified atom stereocenters. The third kappa shape index (κ3) is 5.00. The van der Waals surface area contributed by atoms with Crippen molar-refractivity contribution in [3.05, 3.63) is 82.9 Å². The maximum Gasteiger partial charge on any atom is 0.269 e. The highest BCUT2D eigenvalue weighted by atomic mass is 35.5. The smallest absolute Gasteiger partial charge is 0.269 e. The normalized spacial score (nSPS) is 11.5. The zero-order valence-electron chi connectivity index (χ0n) is 18.3. The van der Waals surface area contributed by atoms with Crippen molar-refractivity contribution in [3.63, 3.8) is 0 Å². The lowest BCUT2D eigenvalue weighted by molar-refractivity contribution is 0.0962. The van der Waals surface area contributed by atoms with E-state index in [1.54, 1.807) is 19.2 Å². The van der Waals surface area contributed by atoms with Gasteiger partial charge in [0.15, 0.2) is 0 Å². The van der Waals surface area contributed by atoms with Crippen LogP contribution >= 0.6 is 22.9 Å². The molecule has 0 saturated heterocycles. The monoisotopic (exact) mass is 516 g/mol. The molecule has 4 aromatic rings. The van der Waals surface area contributed by atoms with E-state index in [1.165, 1.54) is 47.0 Å². The van der Waals surface area contributed by atoms with Gasteiger partial charge in [0.25, 0.3) is 5.91 Å². The van der Waals surface area contributed by atoms with Gasteiger partial charge in [0.1, 0.15) is 11.3 Å². The van der Waals surface area contributed by atoms with Crippen LogP contribution in [0, 0.1) is 0 Å². The highest BCUT2D eigenvalue weighted by molar-refractivity contribution is 7.89. The second kappa shape index (κ2) is 9.98. The summed E-state index contributed by atoms with van der Waals surface area (Å²) in [4.78, 5) is 17.1. The number of fused-ring (bicyclic) bond motifs is 1. The first-order valence-electron chi connectivity index (χ1n) is 10.1. The minimum atomic E-state index is -3.71. The fraction of sp³-hybridized carbons (Fsp3) is 0.130. The van der Waals surface area contributed by atoms with E-state index in [1.807, 2.05) is 30.3 Å². The van der Waals surface area contributed by atoms with Gasteiger partial charge in [-0.25, -0.2) is 13.4 Å². The van der Waals surface area contributed by atoms with Crippen molar-refractivity contribution in [2.45, 2.75) is 11.4 Å². The van der Waals surface area contributed by atoms with Gasteiger partial charge in [-0.05, 0) is 42.0 Å². The first-order chi connectivity index (χ1) is 16.3. The number of methoxy groups -OCH3 is 1. The van der Waals surface area contributed by atoms with Crippen LogP contribution in [0.3, 0.4) is 0 Å². The van der Waals surface area contributed by atoms with E-state index in [2.05, 4.69) is 15.8 Å². The number of aromatic nitrogens is 1. The van der Waals surface area contributed by atoms with Crippen LogP contribution in [0.1, 0.15) is 15.9 Å². The predicted octanol–water partition coefficient (Wildman–Crippen LogP) is 4.54. The molecule has 34 heavy (non-hydrogen) atoms. The van der Waals surface area contributed by atoms with Gasteiger partial charge in [-0.1, -0.05) is 53.3 Å². The number of halogens is 1. The summed E-state index contributed by atoms with van der Waals surface area (Å²) in [5.74, 6) is 0.128. The molecular weight excluding hydrogens is 496 g/mol. The Kier molecular flexibility index (Phi) is 7.03. The van der Waals surface area contributed by atoms with Gasteiger partial charge in [-0.2, -0.15) is 4.31 Å². The molecule has 0 bridgehead atoms. The molecule has 0 atom stereocenters. The standard InChI is InChI=1S/C23H21ClN4O4S2/c1-28(14-15-6-4-3-5-7-15)34(30,31)17-10-8-16(9-11-17)22(29)26-27-23-25-20-19(32-2)13-12-18(24)21(20)33-23/h3-13H,14H2,1-2H3,(H,25,27)(H,26,29). The van der Waals surface area contributed by atoms with E-state index in [-0.39, 0.29) is 17.0 Å². The lowest BCUT2D eigenvalue weighted by atomic mass is 10.2. The molecule has 2 N–H and O–H groups in total. The number of carbonyl (C=O) groups excluding carboxylic acids is 1. The summed E-state index contributed by atoms with van der Waals surface area (Å²) in [6, 6.07) is 18.5. The summed E-state index contributed by atoms with van der Waals surface area (Å²) in [5.41, 5.74) is 7.08. The maximum atomic E-state index is 12.9. The van der Waals surface area contributed by atoms with Gasteiger partial charge >= 0.3 is 0 Å². The number of sulfonamides is 1. The minimum Gasteiger partial charge on any atom is -0.494 e. The molecule has 4 rings (SSSR count). The predicted molar refractivity (Wildman–Crippen MR) is 134 cm³/mol. The van der Waals surface area contributed by atoms with Crippen molar-refractivity contribution < 1.29 is 17.9 Å². The fourth-order valence-corrected chi connectivity index (χ4v) is 5.50. The third-order valence-corrected chi connectivity index (χ3v) is 8.28. The molecule has 0 fully saturated rings. The van der Waals surface area contributed by atoms with Crippen LogP contribution in [0.5, 0.6) is 5.75 Å². The summed E-state index contributed by atoms with van der Waals surface area (Å²) in [5, 5.41) is 0.957. The largest absolute Gasteiger partial charge is 0.494 e. The summed E-state index contributed by atoms with van der Waals surface area (Å²) >= 11 is 7.49. The van der Waals surface area contributed by atoms with Crippen molar-refractivity contribution in [1.29, 1.82) is 0 Å². The number of thiazole rings is 1. The first-order valence-corrected chi connectivity index (χ1v) is 12.7. The Morgan fingerprint density at radius 3 is 2.47 bits per heavy atom. The quantitative estimate of drug-likeness (QED) is 0.333. The van der Waals surface area contributed by atoms with Crippen LogP contribution in [-0.4, -0.2) is 37.8 Å². The van der Waals surface area contributed by atoms with E-state index >= 15 is 0 Å². The first kappa shape index (κ1) is 24.0. The number of hydrogen-bond donors (Lipinski definition) is 2. The molecule has 0 spiro atoms. The minimum absolute atomic E-state index is 0.100. The maximum absolute atomic E-state index is 12.9. The molecule has 0 aliphatic carbocycles. The van der Waals surface area contributed by atoms with Gasteiger partial charge in [0.05, 0.1) is 21.7 Å². The molecule has 0 aliphatic rings. The topological polar surface area (TPSA) is 101 Å². The number of nitrogens with one attached hydrogen (secondary N) is 2. The molecule has 176 valence electrons. The molecule has 0 aliphatic heterocycles.